The number of fused-ring (bicyclic) bond motifs is 2. The van der Waals surface area contributed by atoms with Crippen LogP contribution in [0.5, 0.6) is 11.5 Å². The number of phenols is 2. The molecule has 0 aliphatic rings. The van der Waals surface area contributed by atoms with Crippen LogP contribution in [0.15, 0.2) is 72.8 Å². The summed E-state index contributed by atoms with van der Waals surface area (Å²) < 4.78 is 5.51. The Bertz CT molecular complexity index is 2170. The number of unbranched alkanes of at least 4 members (excludes halogenated alkanes) is 2. The van der Waals surface area contributed by atoms with Crippen molar-refractivity contribution in [2.24, 2.45) is 11.8 Å². The summed E-state index contributed by atoms with van der Waals surface area (Å²) in [4.78, 5) is 25.7. The second-order valence-corrected chi connectivity index (χ2v) is 14.4. The maximum atomic E-state index is 12.4. The number of nitrogens with zero attached hydrogens (tertiary/aromatic N) is 6. The Morgan fingerprint density at radius 1 is 0.667 bits per heavy atom. The molecule has 4 aromatic carbocycles. The molecule has 0 saturated carbocycles. The van der Waals surface area contributed by atoms with Gasteiger partial charge in [-0.1, -0.05) is 83.7 Å². The Balaban J connectivity index is 0.000000213. The highest BCUT2D eigenvalue weighted by Crippen LogP contribution is 2.30. The number of alkyl halides is 1. The Labute approximate surface area is 339 Å². The van der Waals surface area contributed by atoms with Crippen molar-refractivity contribution >= 4 is 45.6 Å². The van der Waals surface area contributed by atoms with Crippen LogP contribution in [0.25, 0.3) is 33.4 Å². The van der Waals surface area contributed by atoms with E-state index in [1.807, 2.05) is 100 Å². The van der Waals surface area contributed by atoms with E-state index < -0.39 is 5.97 Å². The third-order valence-corrected chi connectivity index (χ3v) is 9.91. The summed E-state index contributed by atoms with van der Waals surface area (Å²) in [5.74, 6) is -0.649. The van der Waals surface area contributed by atoms with Gasteiger partial charge in [0.25, 0.3) is 0 Å². The molecule has 0 amide bonds. The van der Waals surface area contributed by atoms with Crippen LogP contribution in [-0.2, 0) is 26.8 Å². The third-order valence-electron chi connectivity index (χ3n) is 9.62. The molecule has 2 aromatic heterocycles. The van der Waals surface area contributed by atoms with Gasteiger partial charge in [-0.25, -0.2) is 0 Å². The number of phenolic OH excluding ortho intramolecular Hbond substituents is 2. The maximum Gasteiger partial charge on any atom is 0.309 e. The maximum absolute atomic E-state index is 12.4. The number of aromatic nitrogens is 6. The predicted octanol–water partition coefficient (Wildman–Crippen LogP) is 10.2. The zero-order valence-corrected chi connectivity index (χ0v) is 34.5. The molecule has 0 aliphatic carbocycles. The van der Waals surface area contributed by atoms with Crippen LogP contribution in [0.4, 0.5) is 0 Å². The van der Waals surface area contributed by atoms with Crippen molar-refractivity contribution in [1.29, 1.82) is 0 Å². The zero-order valence-electron chi connectivity index (χ0n) is 33.8. The lowest BCUT2D eigenvalue weighted by Crippen LogP contribution is -2.17. The lowest BCUT2D eigenvalue weighted by molar-refractivity contribution is -0.150. The molecule has 3 N–H and O–H groups in total. The van der Waals surface area contributed by atoms with E-state index in [9.17, 15) is 19.8 Å². The number of aromatic hydroxyl groups is 2. The highest BCUT2D eigenvalue weighted by molar-refractivity contribution is 6.17. The van der Waals surface area contributed by atoms with E-state index in [2.05, 4.69) is 34.2 Å². The van der Waals surface area contributed by atoms with Gasteiger partial charge in [0, 0.05) is 11.1 Å². The molecule has 13 heteroatoms. The van der Waals surface area contributed by atoms with Gasteiger partial charge in [0.1, 0.15) is 51.5 Å². The number of carbonyl (C=O) groups excluding carboxylic acids is 1. The van der Waals surface area contributed by atoms with E-state index in [-0.39, 0.29) is 41.8 Å². The van der Waals surface area contributed by atoms with E-state index in [0.717, 1.165) is 84.6 Å². The molecule has 2 atom stereocenters. The summed E-state index contributed by atoms with van der Waals surface area (Å²) in [6, 6.07) is 22.4. The van der Waals surface area contributed by atoms with Crippen molar-refractivity contribution < 1.29 is 29.6 Å². The predicted molar refractivity (Wildman–Crippen MR) is 224 cm³/mol. The van der Waals surface area contributed by atoms with Crippen LogP contribution < -0.4 is 0 Å². The van der Waals surface area contributed by atoms with E-state index >= 15 is 0 Å². The van der Waals surface area contributed by atoms with Crippen LogP contribution in [-0.4, -0.2) is 57.2 Å². The van der Waals surface area contributed by atoms with Crippen molar-refractivity contribution in [2.45, 2.75) is 105 Å². The number of carboxylic acid groups (broad SMARTS) is 1. The second-order valence-electron chi connectivity index (χ2n) is 14.1. The normalized spacial score (nSPS) is 12.0. The average Bonchev–Trinajstić information content (AvgIpc) is 3.84. The van der Waals surface area contributed by atoms with Gasteiger partial charge in [-0.3, -0.25) is 9.59 Å². The highest BCUT2D eigenvalue weighted by atomic mass is 35.5. The first-order chi connectivity index (χ1) is 27.4. The number of ether oxygens (including phenoxy) is 1. The van der Waals surface area contributed by atoms with Crippen molar-refractivity contribution in [2.75, 3.05) is 0 Å². The van der Waals surface area contributed by atoms with Crippen LogP contribution >= 0.6 is 11.6 Å². The topological polar surface area (TPSA) is 165 Å². The molecule has 12 nitrogen and oxygen atoms in total. The first kappa shape index (κ1) is 44.2. The average molecular weight is 799 g/mol. The van der Waals surface area contributed by atoms with Gasteiger partial charge >= 0.3 is 11.9 Å². The molecule has 0 saturated heterocycles. The number of benzene rings is 4. The Hall–Kier alpha value is -5.49. The lowest BCUT2D eigenvalue weighted by Gasteiger charge is -2.15. The summed E-state index contributed by atoms with van der Waals surface area (Å²) in [6.07, 6.45) is 7.36. The van der Waals surface area contributed by atoms with E-state index in [1.165, 1.54) is 9.59 Å². The molecule has 0 bridgehead atoms. The van der Waals surface area contributed by atoms with Gasteiger partial charge in [0.2, 0.25) is 0 Å². The number of carboxylic acids is 1. The van der Waals surface area contributed by atoms with Crippen LogP contribution in [0.2, 0.25) is 0 Å². The van der Waals surface area contributed by atoms with Gasteiger partial charge in [0.05, 0.1) is 17.7 Å². The summed E-state index contributed by atoms with van der Waals surface area (Å²) in [5.41, 5.74) is 7.26. The number of halogens is 1. The van der Waals surface area contributed by atoms with Crippen LogP contribution in [0.3, 0.4) is 0 Å². The Morgan fingerprint density at radius 2 is 1.07 bits per heavy atom. The summed E-state index contributed by atoms with van der Waals surface area (Å²) in [6.45, 7) is 12.0. The Morgan fingerprint density at radius 3 is 1.46 bits per heavy atom. The molecule has 6 aromatic rings. The van der Waals surface area contributed by atoms with E-state index in [4.69, 9.17) is 21.4 Å². The quantitative estimate of drug-likeness (QED) is 0.0672. The number of rotatable bonds is 15. The zero-order chi connectivity index (χ0) is 41.5. The number of hydrogen-bond acceptors (Lipinski definition) is 9. The summed E-state index contributed by atoms with van der Waals surface area (Å²) in [7, 11) is 0. The minimum Gasteiger partial charge on any atom is -0.505 e. The molecular formula is C44H55ClN6O6. The van der Waals surface area contributed by atoms with E-state index in [1.54, 1.807) is 0 Å². The standard InChI is InChI=1S/C22H27N3O3.C14H12ClN3O.C8H16O2/c1-4-6-9-16(5-2)22(27)28-14-17-12-15(3)13-20(21(17)26)25-23-18-10-7-8-11-19(18)24-25;1-9-6-10(8-15)14(19)13(7-9)18-16-11-4-2-3-5-12(11)17-18;1-3-5-6-7(4-2)8(9)10/h7-8,10-13,16,26H,4-6,9,14H2,1-3H3;2-7,19H,8H2,1H3;7H,3-6H2,1-2H3,(H,9,10). The fourth-order valence-corrected chi connectivity index (χ4v) is 6.48. The minimum atomic E-state index is -0.643. The first-order valence-electron chi connectivity index (χ1n) is 19.7. The molecule has 2 unspecified atom stereocenters. The van der Waals surface area contributed by atoms with Crippen molar-refractivity contribution in [3.8, 4) is 22.9 Å². The van der Waals surface area contributed by atoms with Gasteiger partial charge in [0.15, 0.2) is 0 Å². The molecule has 0 spiro atoms. The van der Waals surface area contributed by atoms with Gasteiger partial charge in [-0.2, -0.15) is 0 Å². The Kier molecular flexibility index (Phi) is 16.8. The molecule has 57 heavy (non-hydrogen) atoms. The lowest BCUT2D eigenvalue weighted by atomic mass is 10.00. The second kappa shape index (κ2) is 21.7. The highest BCUT2D eigenvalue weighted by Gasteiger charge is 2.20. The number of carbonyl (C=O) groups is 2. The molecule has 0 aliphatic heterocycles. The summed E-state index contributed by atoms with van der Waals surface area (Å²) in [5, 5.41) is 47.2. The van der Waals surface area contributed by atoms with Crippen LogP contribution in [0, 0.1) is 25.7 Å². The SMILES string of the molecule is CCCCC(CC)C(=O)O.CCCCC(CC)C(=O)OCc1cc(C)cc(-n2nc3ccccc3n2)c1O.Cc1cc(CCl)c(O)c(-n2nc3ccccc3n2)c1. The molecular weight excluding hydrogens is 744 g/mol. The van der Waals surface area contributed by atoms with Gasteiger partial charge in [-0.15, -0.1) is 41.6 Å². The molecule has 2 heterocycles. The fourth-order valence-electron chi connectivity index (χ4n) is 6.28. The fraction of sp³-hybridized carbons (Fsp3) is 0.409. The molecule has 6 rings (SSSR count). The number of aliphatic carboxylic acids is 1. The van der Waals surface area contributed by atoms with Gasteiger partial charge in [-0.05, 0) is 93.1 Å². The molecule has 304 valence electrons. The molecule has 0 fully saturated rings. The van der Waals surface area contributed by atoms with E-state index in [0.29, 0.717) is 22.5 Å². The largest absolute Gasteiger partial charge is 0.505 e. The number of aryl methyl sites for hydroxylation is 2. The summed E-state index contributed by atoms with van der Waals surface area (Å²) >= 11 is 5.83. The monoisotopic (exact) mass is 798 g/mol. The smallest absolute Gasteiger partial charge is 0.309 e. The number of hydrogen-bond donors (Lipinski definition) is 3. The first-order valence-corrected chi connectivity index (χ1v) is 20.2. The van der Waals surface area contributed by atoms with Crippen molar-refractivity contribution in [1.82, 2.24) is 30.0 Å². The van der Waals surface area contributed by atoms with Gasteiger partial charge < -0.3 is 20.1 Å². The number of esters is 1. The van der Waals surface area contributed by atoms with Crippen molar-refractivity contribution in [3.63, 3.8) is 0 Å². The minimum absolute atomic E-state index is 0.0281. The molecule has 0 radical (unpaired) electrons. The van der Waals surface area contributed by atoms with Crippen LogP contribution in [0.1, 0.15) is 101 Å². The van der Waals surface area contributed by atoms with Crippen molar-refractivity contribution in [3.05, 3.63) is 95.1 Å². The third kappa shape index (κ3) is 12.0.